The van der Waals surface area contributed by atoms with E-state index in [1.165, 1.54) is 22.5 Å². The van der Waals surface area contributed by atoms with E-state index >= 15 is 0 Å². The normalized spacial score (nSPS) is 16.3. The van der Waals surface area contributed by atoms with E-state index in [4.69, 9.17) is 27.9 Å². The van der Waals surface area contributed by atoms with Crippen molar-refractivity contribution in [1.82, 2.24) is 4.31 Å². The summed E-state index contributed by atoms with van der Waals surface area (Å²) in [4.78, 5) is 12.8. The van der Waals surface area contributed by atoms with E-state index in [9.17, 15) is 13.2 Å². The third-order valence-electron chi connectivity index (χ3n) is 4.73. The fourth-order valence-electron chi connectivity index (χ4n) is 3.14. The number of benzene rings is 2. The summed E-state index contributed by atoms with van der Waals surface area (Å²) in [5, 5.41) is 0.502. The lowest BCUT2D eigenvalue weighted by molar-refractivity contribution is 0.0875. The zero-order valence-corrected chi connectivity index (χ0v) is 17.0. The smallest absolute Gasteiger partial charge is 0.243 e. The van der Waals surface area contributed by atoms with Gasteiger partial charge in [0.25, 0.3) is 0 Å². The first-order chi connectivity index (χ1) is 12.8. The maximum absolute atomic E-state index is 12.8. The number of nitrogens with zero attached hydrogens (tertiary/aromatic N) is 1. The monoisotopic (exact) mass is 427 g/mol. The number of sulfonamides is 1. The zero-order chi connectivity index (χ0) is 19.6. The Hall–Kier alpha value is -1.60. The Morgan fingerprint density at radius 1 is 1.04 bits per heavy atom. The molecule has 0 bridgehead atoms. The van der Waals surface area contributed by atoms with Crippen LogP contribution in [0.4, 0.5) is 0 Å². The van der Waals surface area contributed by atoms with Crippen LogP contribution < -0.4 is 4.74 Å². The van der Waals surface area contributed by atoms with E-state index in [-0.39, 0.29) is 34.7 Å². The summed E-state index contributed by atoms with van der Waals surface area (Å²) in [6, 6.07) is 11.2. The molecule has 2 aromatic carbocycles. The molecule has 1 aliphatic heterocycles. The lowest BCUT2D eigenvalue weighted by Gasteiger charge is -2.30. The van der Waals surface area contributed by atoms with Crippen LogP contribution >= 0.6 is 23.2 Å². The number of carbonyl (C=O) groups excluding carboxylic acids is 1. The highest BCUT2D eigenvalue weighted by Crippen LogP contribution is 2.30. The molecule has 0 unspecified atom stereocenters. The van der Waals surface area contributed by atoms with Crippen molar-refractivity contribution in [2.45, 2.75) is 17.7 Å². The van der Waals surface area contributed by atoms with E-state index in [0.29, 0.717) is 29.2 Å². The average molecular weight is 428 g/mol. The van der Waals surface area contributed by atoms with Crippen LogP contribution in [-0.4, -0.2) is 38.7 Å². The van der Waals surface area contributed by atoms with Gasteiger partial charge in [0.2, 0.25) is 10.0 Å². The highest BCUT2D eigenvalue weighted by atomic mass is 35.5. The molecular weight excluding hydrogens is 409 g/mol. The highest BCUT2D eigenvalue weighted by molar-refractivity contribution is 7.89. The first-order valence-corrected chi connectivity index (χ1v) is 10.7. The number of halogens is 2. The molecule has 0 radical (unpaired) electrons. The molecule has 27 heavy (non-hydrogen) atoms. The molecule has 8 heteroatoms. The Labute approximate surface area is 168 Å². The minimum atomic E-state index is -3.66. The fourth-order valence-corrected chi connectivity index (χ4v) is 4.99. The first-order valence-electron chi connectivity index (χ1n) is 8.46. The predicted octanol–water partition coefficient (Wildman–Crippen LogP) is 4.29. The minimum absolute atomic E-state index is 0.0317. The summed E-state index contributed by atoms with van der Waals surface area (Å²) < 4.78 is 32.1. The topological polar surface area (TPSA) is 63.7 Å². The van der Waals surface area contributed by atoms with Crippen LogP contribution in [0, 0.1) is 5.92 Å². The van der Waals surface area contributed by atoms with Gasteiger partial charge in [-0.3, -0.25) is 4.79 Å². The summed E-state index contributed by atoms with van der Waals surface area (Å²) in [6.07, 6.45) is 0.955. The molecule has 0 atom stereocenters. The van der Waals surface area contributed by atoms with Crippen LogP contribution in [-0.2, 0) is 10.0 Å². The summed E-state index contributed by atoms with van der Waals surface area (Å²) in [5.41, 5.74) is 0.613. The van der Waals surface area contributed by atoms with Crippen molar-refractivity contribution < 1.29 is 17.9 Å². The average Bonchev–Trinajstić information content (AvgIpc) is 2.69. The van der Waals surface area contributed by atoms with E-state index in [1.54, 1.807) is 31.4 Å². The number of ketones is 1. The summed E-state index contributed by atoms with van der Waals surface area (Å²) >= 11 is 11.8. The van der Waals surface area contributed by atoms with E-state index < -0.39 is 10.0 Å². The standard InChI is InChI=1S/C19H19Cl2NO4S/c1-26-15-4-2-13(3-5-15)19(23)14-8-10-22(11-9-14)27(24,25)16-6-7-17(20)18(21)12-16/h2-7,12,14H,8-11H2,1H3. The Morgan fingerprint density at radius 2 is 1.67 bits per heavy atom. The third-order valence-corrected chi connectivity index (χ3v) is 7.36. The van der Waals surface area contributed by atoms with Gasteiger partial charge in [-0.1, -0.05) is 23.2 Å². The van der Waals surface area contributed by atoms with Gasteiger partial charge in [-0.15, -0.1) is 0 Å². The second kappa shape index (κ2) is 8.19. The summed E-state index contributed by atoms with van der Waals surface area (Å²) in [7, 11) is -2.09. The van der Waals surface area contributed by atoms with Crippen molar-refractivity contribution >= 4 is 39.0 Å². The number of hydrogen-bond acceptors (Lipinski definition) is 4. The molecule has 3 rings (SSSR count). The summed E-state index contributed by atoms with van der Waals surface area (Å²) in [5.74, 6) is 0.525. The van der Waals surface area contributed by atoms with Gasteiger partial charge in [-0.2, -0.15) is 4.31 Å². The molecule has 2 aromatic rings. The first kappa shape index (κ1) is 20.1. The van der Waals surface area contributed by atoms with Crippen molar-refractivity contribution in [3.8, 4) is 5.75 Å². The maximum atomic E-state index is 12.8. The molecule has 0 saturated carbocycles. The Bertz CT molecular complexity index is 937. The Morgan fingerprint density at radius 3 is 2.22 bits per heavy atom. The molecule has 0 N–H and O–H groups in total. The van der Waals surface area contributed by atoms with Gasteiger partial charge in [0.15, 0.2) is 5.78 Å². The third kappa shape index (κ3) is 4.29. The van der Waals surface area contributed by atoms with E-state index in [2.05, 4.69) is 0 Å². The number of carbonyl (C=O) groups is 1. The number of piperidine rings is 1. The second-order valence-corrected chi connectivity index (χ2v) is 9.10. The molecule has 1 fully saturated rings. The van der Waals surface area contributed by atoms with Gasteiger partial charge in [0, 0.05) is 24.6 Å². The molecule has 144 valence electrons. The molecule has 0 amide bonds. The molecule has 5 nitrogen and oxygen atoms in total. The van der Waals surface area contributed by atoms with Crippen LogP contribution in [0.2, 0.25) is 10.0 Å². The van der Waals surface area contributed by atoms with E-state index in [0.717, 1.165) is 0 Å². The number of rotatable bonds is 5. The molecule has 1 heterocycles. The van der Waals surface area contributed by atoms with Gasteiger partial charge < -0.3 is 4.74 Å². The van der Waals surface area contributed by atoms with Gasteiger partial charge in [0.05, 0.1) is 22.1 Å². The number of ether oxygens (including phenoxy) is 1. The maximum Gasteiger partial charge on any atom is 0.243 e. The van der Waals surface area contributed by atoms with Crippen molar-refractivity contribution in [3.05, 3.63) is 58.1 Å². The summed E-state index contributed by atoms with van der Waals surface area (Å²) in [6.45, 7) is 0.574. The van der Waals surface area contributed by atoms with Crippen LogP contribution in [0.25, 0.3) is 0 Å². The van der Waals surface area contributed by atoms with E-state index in [1.807, 2.05) is 0 Å². The van der Waals surface area contributed by atoms with Crippen molar-refractivity contribution in [1.29, 1.82) is 0 Å². The van der Waals surface area contributed by atoms with Crippen molar-refractivity contribution in [3.63, 3.8) is 0 Å². The quantitative estimate of drug-likeness (QED) is 0.667. The second-order valence-electron chi connectivity index (χ2n) is 6.35. The van der Waals surface area contributed by atoms with Gasteiger partial charge in [0.1, 0.15) is 5.75 Å². The Kier molecular flexibility index (Phi) is 6.11. The van der Waals surface area contributed by atoms with Crippen LogP contribution in [0.15, 0.2) is 47.4 Å². The number of Topliss-reactive ketones (excluding diaryl/α,β-unsaturated/α-hetero) is 1. The number of methoxy groups -OCH3 is 1. The largest absolute Gasteiger partial charge is 0.497 e. The zero-order valence-electron chi connectivity index (χ0n) is 14.7. The van der Waals surface area contributed by atoms with Crippen LogP contribution in [0.5, 0.6) is 5.75 Å². The molecule has 1 saturated heterocycles. The lowest BCUT2D eigenvalue weighted by atomic mass is 9.89. The molecule has 0 aromatic heterocycles. The molecule has 1 aliphatic rings. The van der Waals surface area contributed by atoms with Crippen molar-refractivity contribution in [2.75, 3.05) is 20.2 Å². The minimum Gasteiger partial charge on any atom is -0.497 e. The van der Waals surface area contributed by atoms with Gasteiger partial charge in [-0.25, -0.2) is 8.42 Å². The highest BCUT2D eigenvalue weighted by Gasteiger charge is 2.32. The Balaban J connectivity index is 1.68. The molecule has 0 aliphatic carbocycles. The van der Waals surface area contributed by atoms with Crippen molar-refractivity contribution in [2.24, 2.45) is 5.92 Å². The molecular formula is C19H19Cl2NO4S. The van der Waals surface area contributed by atoms with Crippen LogP contribution in [0.1, 0.15) is 23.2 Å². The SMILES string of the molecule is COc1ccc(C(=O)C2CCN(S(=O)(=O)c3ccc(Cl)c(Cl)c3)CC2)cc1. The number of hydrogen-bond donors (Lipinski definition) is 0. The van der Waals surface area contributed by atoms with Gasteiger partial charge in [-0.05, 0) is 55.3 Å². The molecule has 0 spiro atoms. The fraction of sp³-hybridized carbons (Fsp3) is 0.316. The van der Waals surface area contributed by atoms with Crippen LogP contribution in [0.3, 0.4) is 0 Å². The predicted molar refractivity (Wildman–Crippen MR) is 105 cm³/mol. The lowest BCUT2D eigenvalue weighted by Crippen LogP contribution is -2.40. The van der Waals surface area contributed by atoms with Gasteiger partial charge >= 0.3 is 0 Å².